The minimum Gasteiger partial charge on any atom is -0.320 e. The van der Waals surface area contributed by atoms with Crippen molar-refractivity contribution in [1.29, 1.82) is 0 Å². The van der Waals surface area contributed by atoms with Crippen LogP contribution in [0.4, 0.5) is 19.4 Å². The maximum atomic E-state index is 13.8. The van der Waals surface area contributed by atoms with Crippen LogP contribution in [0.5, 0.6) is 0 Å². The Bertz CT molecular complexity index is 678. The number of aromatic nitrogens is 2. The van der Waals surface area contributed by atoms with Crippen molar-refractivity contribution in [2.24, 2.45) is 0 Å². The van der Waals surface area contributed by atoms with Gasteiger partial charge in [-0.25, -0.2) is 23.5 Å². The first-order chi connectivity index (χ1) is 10.1. The first-order valence-electron chi connectivity index (χ1n) is 6.43. The molecule has 0 saturated carbocycles. The molecule has 5 nitrogen and oxygen atoms in total. The molecule has 0 fully saturated rings. The van der Waals surface area contributed by atoms with Gasteiger partial charge in [-0.3, -0.25) is 5.32 Å². The van der Waals surface area contributed by atoms with Gasteiger partial charge in [-0.15, -0.1) is 0 Å². The number of nitrogens with zero attached hydrogens (tertiary/aromatic N) is 3. The summed E-state index contributed by atoms with van der Waals surface area (Å²) in [5.41, 5.74) is 0.583. The first kappa shape index (κ1) is 13.4. The normalized spacial score (nSPS) is 13.7. The second kappa shape index (κ2) is 5.43. The third-order valence-electron chi connectivity index (χ3n) is 3.40. The van der Waals surface area contributed by atoms with Crippen molar-refractivity contribution < 1.29 is 13.6 Å². The van der Waals surface area contributed by atoms with Crippen molar-refractivity contribution in [3.8, 4) is 0 Å². The fourth-order valence-electron chi connectivity index (χ4n) is 2.32. The number of urea groups is 1. The van der Waals surface area contributed by atoms with Crippen LogP contribution in [0, 0.1) is 11.6 Å². The van der Waals surface area contributed by atoms with Gasteiger partial charge in [-0.05, 0) is 30.2 Å². The molecule has 1 aromatic carbocycles. The van der Waals surface area contributed by atoms with Crippen molar-refractivity contribution >= 4 is 11.8 Å². The predicted octanol–water partition coefficient (Wildman–Crippen LogP) is 2.35. The fraction of sp³-hybridized carbons (Fsp3) is 0.214. The topological polar surface area (TPSA) is 58.1 Å². The van der Waals surface area contributed by atoms with Gasteiger partial charge in [0.1, 0.15) is 23.8 Å². The second-order valence-corrected chi connectivity index (χ2v) is 4.68. The second-order valence-electron chi connectivity index (χ2n) is 4.68. The summed E-state index contributed by atoms with van der Waals surface area (Å²) in [6, 6.07) is 3.35. The van der Waals surface area contributed by atoms with Gasteiger partial charge < -0.3 is 4.90 Å². The number of rotatable bonds is 1. The third kappa shape index (κ3) is 2.67. The van der Waals surface area contributed by atoms with Gasteiger partial charge in [0.15, 0.2) is 0 Å². The summed E-state index contributed by atoms with van der Waals surface area (Å²) in [7, 11) is 0. The number of amides is 2. The number of anilines is 1. The molecule has 21 heavy (non-hydrogen) atoms. The minimum atomic E-state index is -0.495. The van der Waals surface area contributed by atoms with Crippen LogP contribution in [0.25, 0.3) is 0 Å². The van der Waals surface area contributed by atoms with Crippen LogP contribution in [-0.4, -0.2) is 27.4 Å². The molecule has 3 rings (SSSR count). The lowest BCUT2D eigenvalue weighted by atomic mass is 9.99. The molecule has 0 saturated heterocycles. The van der Waals surface area contributed by atoms with E-state index in [2.05, 4.69) is 15.3 Å². The molecular formula is C14H12F2N4O. The smallest absolute Gasteiger partial charge is 0.320 e. The molecule has 0 bridgehead atoms. The molecular weight excluding hydrogens is 278 g/mol. The van der Waals surface area contributed by atoms with Gasteiger partial charge in [-0.2, -0.15) is 0 Å². The van der Waals surface area contributed by atoms with Gasteiger partial charge >= 0.3 is 6.03 Å². The highest BCUT2D eigenvalue weighted by Gasteiger charge is 2.25. The van der Waals surface area contributed by atoms with Crippen LogP contribution in [0.3, 0.4) is 0 Å². The van der Waals surface area contributed by atoms with Crippen molar-refractivity contribution in [3.63, 3.8) is 0 Å². The number of benzene rings is 1. The molecule has 108 valence electrons. The van der Waals surface area contributed by atoms with E-state index in [0.29, 0.717) is 17.9 Å². The molecule has 1 aromatic heterocycles. The lowest BCUT2D eigenvalue weighted by molar-refractivity contribution is 0.204. The monoisotopic (exact) mass is 290 g/mol. The Morgan fingerprint density at radius 2 is 1.95 bits per heavy atom. The molecule has 1 aliphatic rings. The Morgan fingerprint density at radius 3 is 2.67 bits per heavy atom. The lowest BCUT2D eigenvalue weighted by Crippen LogP contribution is -2.39. The summed E-state index contributed by atoms with van der Waals surface area (Å²) in [4.78, 5) is 21.2. The van der Waals surface area contributed by atoms with E-state index < -0.39 is 17.7 Å². The molecule has 7 heteroatoms. The average Bonchev–Trinajstić information content (AvgIpc) is 2.52. The predicted molar refractivity (Wildman–Crippen MR) is 71.5 cm³/mol. The zero-order valence-electron chi connectivity index (χ0n) is 11.0. The number of carbonyl (C=O) groups excluding carboxylic acids is 1. The van der Waals surface area contributed by atoms with E-state index in [9.17, 15) is 13.6 Å². The van der Waals surface area contributed by atoms with E-state index >= 15 is 0 Å². The third-order valence-corrected chi connectivity index (χ3v) is 3.40. The Morgan fingerprint density at radius 1 is 1.19 bits per heavy atom. The molecule has 0 aliphatic carbocycles. The van der Waals surface area contributed by atoms with Crippen LogP contribution in [0.15, 0.2) is 30.7 Å². The van der Waals surface area contributed by atoms with E-state index in [1.807, 2.05) is 0 Å². The van der Waals surface area contributed by atoms with Crippen LogP contribution in [0.1, 0.15) is 11.1 Å². The number of nitrogens with one attached hydrogen (secondary N) is 1. The van der Waals surface area contributed by atoms with Crippen molar-refractivity contribution in [3.05, 3.63) is 53.5 Å². The standard InChI is InChI=1S/C14H12F2N4O/c15-11-1-2-12(16)10-7-20(6-4-9(10)11)14(21)19-13-3-5-17-8-18-13/h1-3,5,8H,4,6-7H2,(H,17,18,19,21). The molecule has 1 aliphatic heterocycles. The largest absolute Gasteiger partial charge is 0.323 e. The highest BCUT2D eigenvalue weighted by Crippen LogP contribution is 2.24. The number of hydrogen-bond donors (Lipinski definition) is 1. The van der Waals surface area contributed by atoms with E-state index in [0.717, 1.165) is 12.1 Å². The Labute approximate surface area is 119 Å². The maximum Gasteiger partial charge on any atom is 0.323 e. The van der Waals surface area contributed by atoms with Gasteiger partial charge in [0, 0.05) is 18.3 Å². The number of halogens is 2. The summed E-state index contributed by atoms with van der Waals surface area (Å²) in [6.45, 7) is 0.361. The number of hydrogen-bond acceptors (Lipinski definition) is 3. The Hall–Kier alpha value is -2.57. The first-order valence-corrected chi connectivity index (χ1v) is 6.43. The van der Waals surface area contributed by atoms with E-state index in [1.165, 1.54) is 17.4 Å². The summed E-state index contributed by atoms with van der Waals surface area (Å²) in [5.74, 6) is -0.561. The zero-order valence-corrected chi connectivity index (χ0v) is 11.0. The fourth-order valence-corrected chi connectivity index (χ4v) is 2.32. The maximum absolute atomic E-state index is 13.8. The summed E-state index contributed by atoms with van der Waals surface area (Å²) < 4.78 is 27.4. The Kier molecular flexibility index (Phi) is 3.47. The SMILES string of the molecule is O=C(Nc1ccncn1)N1CCc2c(F)ccc(F)c2C1. The Balaban J connectivity index is 1.77. The highest BCUT2D eigenvalue weighted by molar-refractivity contribution is 5.88. The molecule has 2 aromatic rings. The quantitative estimate of drug-likeness (QED) is 0.877. The molecule has 2 amide bonds. The molecule has 2 heterocycles. The van der Waals surface area contributed by atoms with Crippen molar-refractivity contribution in [1.82, 2.24) is 14.9 Å². The van der Waals surface area contributed by atoms with Crippen molar-refractivity contribution in [2.45, 2.75) is 13.0 Å². The van der Waals surface area contributed by atoms with Crippen LogP contribution in [0.2, 0.25) is 0 Å². The van der Waals surface area contributed by atoms with Gasteiger partial charge in [0.2, 0.25) is 0 Å². The summed E-state index contributed by atoms with van der Waals surface area (Å²) in [5, 5.41) is 2.60. The van der Waals surface area contributed by atoms with E-state index in [4.69, 9.17) is 0 Å². The molecule has 0 radical (unpaired) electrons. The number of carbonyl (C=O) groups is 1. The minimum absolute atomic E-state index is 0.0375. The van der Waals surface area contributed by atoms with Crippen LogP contribution >= 0.6 is 0 Å². The average molecular weight is 290 g/mol. The van der Waals surface area contributed by atoms with E-state index in [1.54, 1.807) is 6.07 Å². The van der Waals surface area contributed by atoms with E-state index in [-0.39, 0.29) is 18.5 Å². The molecule has 0 atom stereocenters. The van der Waals surface area contributed by atoms with Crippen molar-refractivity contribution in [2.75, 3.05) is 11.9 Å². The van der Waals surface area contributed by atoms with Crippen LogP contribution < -0.4 is 5.32 Å². The molecule has 0 spiro atoms. The molecule has 1 N–H and O–H groups in total. The van der Waals surface area contributed by atoms with Gasteiger partial charge in [0.25, 0.3) is 0 Å². The zero-order chi connectivity index (χ0) is 14.8. The summed E-state index contributed by atoms with van der Waals surface area (Å²) in [6.07, 6.45) is 3.11. The lowest BCUT2D eigenvalue weighted by Gasteiger charge is -2.29. The van der Waals surface area contributed by atoms with Gasteiger partial charge in [0.05, 0.1) is 6.54 Å². The molecule has 0 unspecified atom stereocenters. The summed E-state index contributed by atoms with van der Waals surface area (Å²) >= 11 is 0. The number of fused-ring (bicyclic) bond motifs is 1. The highest BCUT2D eigenvalue weighted by atomic mass is 19.1. The van der Waals surface area contributed by atoms with Gasteiger partial charge in [-0.1, -0.05) is 0 Å². The van der Waals surface area contributed by atoms with Crippen LogP contribution in [-0.2, 0) is 13.0 Å².